The number of nitrogens with zero attached hydrogens (tertiary/aromatic N) is 1. The summed E-state index contributed by atoms with van der Waals surface area (Å²) in [4.78, 5) is 29.0. The number of allylic oxidation sites excluding steroid dienone is 1. The maximum atomic E-state index is 13.8. The monoisotopic (exact) mass is 482 g/mol. The number of esters is 1. The van der Waals surface area contributed by atoms with Gasteiger partial charge >= 0.3 is 5.97 Å². The molecule has 0 spiro atoms. The van der Waals surface area contributed by atoms with Crippen molar-refractivity contribution < 1.29 is 19.1 Å². The van der Waals surface area contributed by atoms with Gasteiger partial charge in [-0.1, -0.05) is 62.4 Å². The topological polar surface area (TPSA) is 67.9 Å². The van der Waals surface area contributed by atoms with Gasteiger partial charge in [0.2, 0.25) is 0 Å². The summed E-state index contributed by atoms with van der Waals surface area (Å²) >= 11 is 0. The Hall–Kier alpha value is -4.06. The molecule has 0 unspecified atom stereocenters. The summed E-state index contributed by atoms with van der Waals surface area (Å²) in [5, 5.41) is 3.56. The molecule has 2 aliphatic rings. The van der Waals surface area contributed by atoms with E-state index in [4.69, 9.17) is 9.47 Å². The zero-order valence-corrected chi connectivity index (χ0v) is 20.8. The van der Waals surface area contributed by atoms with Crippen molar-refractivity contribution in [3.63, 3.8) is 0 Å². The smallest absolute Gasteiger partial charge is 0.330 e. The second-order valence-electron chi connectivity index (χ2n) is 10.0. The molecule has 0 saturated heterocycles. The quantitative estimate of drug-likeness (QED) is 0.360. The van der Waals surface area contributed by atoms with Gasteiger partial charge in [-0.2, -0.15) is 0 Å². The molecule has 0 fully saturated rings. The Bertz CT molecular complexity index is 1330. The Morgan fingerprint density at radius 3 is 2.44 bits per heavy atom. The normalized spacial score (nSPS) is 18.5. The zero-order chi connectivity index (χ0) is 25.3. The first-order valence-corrected chi connectivity index (χ1v) is 12.1. The molecule has 1 N–H and O–H groups in total. The molecule has 1 aliphatic heterocycles. The van der Waals surface area contributed by atoms with Gasteiger partial charge in [0.1, 0.15) is 18.0 Å². The average Bonchev–Trinajstić information content (AvgIpc) is 2.98. The van der Waals surface area contributed by atoms with Crippen LogP contribution in [0.4, 0.5) is 11.4 Å². The Labute approximate surface area is 211 Å². The molecular weight excluding hydrogens is 452 g/mol. The van der Waals surface area contributed by atoms with Crippen LogP contribution in [0.3, 0.4) is 0 Å². The summed E-state index contributed by atoms with van der Waals surface area (Å²) in [5.74, 6) is 0.795. The van der Waals surface area contributed by atoms with Crippen LogP contribution in [0.15, 0.2) is 90.1 Å². The van der Waals surface area contributed by atoms with Crippen LogP contribution in [-0.4, -0.2) is 25.4 Å². The van der Waals surface area contributed by atoms with Crippen LogP contribution in [0.2, 0.25) is 0 Å². The number of fused-ring (bicyclic) bond motifs is 1. The lowest BCUT2D eigenvalue weighted by Crippen LogP contribution is -2.39. The molecule has 3 aromatic carbocycles. The van der Waals surface area contributed by atoms with Gasteiger partial charge in [0.15, 0.2) is 5.78 Å². The summed E-state index contributed by atoms with van der Waals surface area (Å²) in [6.45, 7) is 4.17. The van der Waals surface area contributed by atoms with Crippen LogP contribution in [0, 0.1) is 5.41 Å². The number of methoxy groups -OCH3 is 1. The highest BCUT2D eigenvalue weighted by Crippen LogP contribution is 2.49. The molecule has 0 amide bonds. The highest BCUT2D eigenvalue weighted by Gasteiger charge is 2.42. The minimum absolute atomic E-state index is 0.0518. The van der Waals surface area contributed by atoms with E-state index in [-0.39, 0.29) is 17.7 Å². The molecule has 1 aliphatic carbocycles. The molecule has 5 rings (SSSR count). The maximum absolute atomic E-state index is 13.8. The Morgan fingerprint density at radius 2 is 1.67 bits per heavy atom. The van der Waals surface area contributed by atoms with Gasteiger partial charge in [0, 0.05) is 23.3 Å². The third-order valence-corrected chi connectivity index (χ3v) is 6.71. The number of Topliss-reactive ketones (excluding diaryl/α,β-unsaturated/α-hetero) is 1. The number of anilines is 2. The maximum Gasteiger partial charge on any atom is 0.330 e. The fourth-order valence-electron chi connectivity index (χ4n) is 5.23. The summed E-state index contributed by atoms with van der Waals surface area (Å²) < 4.78 is 11.4. The molecule has 0 bridgehead atoms. The van der Waals surface area contributed by atoms with Gasteiger partial charge in [-0.05, 0) is 42.2 Å². The van der Waals surface area contributed by atoms with Crippen molar-refractivity contribution in [2.24, 2.45) is 5.41 Å². The van der Waals surface area contributed by atoms with E-state index in [2.05, 4.69) is 19.2 Å². The van der Waals surface area contributed by atoms with Crippen LogP contribution in [-0.2, 0) is 9.59 Å². The van der Waals surface area contributed by atoms with Gasteiger partial charge in [-0.25, -0.2) is 4.79 Å². The van der Waals surface area contributed by atoms with E-state index in [1.54, 1.807) is 19.2 Å². The Kier molecular flexibility index (Phi) is 6.27. The fraction of sp³-hybridized carbons (Fsp3) is 0.267. The van der Waals surface area contributed by atoms with Crippen molar-refractivity contribution in [1.82, 2.24) is 0 Å². The van der Waals surface area contributed by atoms with Crippen LogP contribution in [0.1, 0.15) is 38.3 Å². The lowest BCUT2D eigenvalue weighted by molar-refractivity contribution is -0.133. The van der Waals surface area contributed by atoms with Crippen molar-refractivity contribution >= 4 is 23.1 Å². The van der Waals surface area contributed by atoms with Gasteiger partial charge in [0.05, 0.1) is 24.5 Å². The van der Waals surface area contributed by atoms with E-state index >= 15 is 0 Å². The molecule has 36 heavy (non-hydrogen) atoms. The molecule has 1 heterocycles. The van der Waals surface area contributed by atoms with Crippen molar-refractivity contribution in [3.8, 4) is 11.5 Å². The molecule has 6 heteroatoms. The minimum Gasteiger partial charge on any atom is -0.496 e. The number of benzene rings is 3. The summed E-state index contributed by atoms with van der Waals surface area (Å²) in [5.41, 5.74) is 3.87. The molecule has 1 atom stereocenters. The molecule has 0 saturated carbocycles. The first-order valence-electron chi connectivity index (χ1n) is 12.1. The number of hydrogen-bond donors (Lipinski definition) is 1. The highest BCUT2D eigenvalue weighted by atomic mass is 16.5. The largest absolute Gasteiger partial charge is 0.496 e. The second kappa shape index (κ2) is 9.53. The molecular formula is C30H30N2O4. The highest BCUT2D eigenvalue weighted by molar-refractivity contribution is 6.02. The Balaban J connectivity index is 1.67. The second-order valence-corrected chi connectivity index (χ2v) is 10.0. The third kappa shape index (κ3) is 4.59. The van der Waals surface area contributed by atoms with Crippen LogP contribution in [0.25, 0.3) is 0 Å². The standard InChI is InChI=1S/C30H30N2O4/c1-30(2)17-23-28(25(33)18-30)29(21-13-7-10-16-26(21)35-3)32(24-15-9-8-14-22(24)31-23)19-27(34)36-20-11-5-4-6-12-20/h4-16,29,31H,17-19H2,1-3H3/t29-/m0/s1. The van der Waals surface area contributed by atoms with Crippen molar-refractivity contribution in [3.05, 3.63) is 95.7 Å². The number of rotatable bonds is 5. The van der Waals surface area contributed by atoms with Crippen LogP contribution < -0.4 is 19.7 Å². The molecule has 3 aromatic rings. The van der Waals surface area contributed by atoms with E-state index < -0.39 is 12.0 Å². The van der Waals surface area contributed by atoms with Crippen molar-refractivity contribution in [2.45, 2.75) is 32.7 Å². The van der Waals surface area contributed by atoms with E-state index in [0.29, 0.717) is 23.5 Å². The third-order valence-electron chi connectivity index (χ3n) is 6.71. The predicted molar refractivity (Wildman–Crippen MR) is 140 cm³/mol. The van der Waals surface area contributed by atoms with Gasteiger partial charge in [0.25, 0.3) is 0 Å². The van der Waals surface area contributed by atoms with Crippen molar-refractivity contribution in [1.29, 1.82) is 0 Å². The lowest BCUT2D eigenvalue weighted by atomic mass is 9.73. The summed E-state index contributed by atoms with van der Waals surface area (Å²) in [6, 6.07) is 24.0. The number of ketones is 1. The SMILES string of the molecule is COc1ccccc1[C@H]1C2=C(CC(C)(C)CC2=O)Nc2ccccc2N1CC(=O)Oc1ccccc1. The first kappa shape index (κ1) is 23.7. The lowest BCUT2D eigenvalue weighted by Gasteiger charge is -2.38. The van der Waals surface area contributed by atoms with E-state index in [9.17, 15) is 9.59 Å². The predicted octanol–water partition coefficient (Wildman–Crippen LogP) is 5.92. The molecule has 6 nitrogen and oxygen atoms in total. The van der Waals surface area contributed by atoms with Gasteiger partial charge < -0.3 is 19.7 Å². The first-order chi connectivity index (χ1) is 17.4. The number of nitrogens with one attached hydrogen (secondary N) is 1. The average molecular weight is 483 g/mol. The molecule has 0 aromatic heterocycles. The summed E-state index contributed by atoms with van der Waals surface area (Å²) in [6.07, 6.45) is 1.15. The van der Waals surface area contributed by atoms with Crippen molar-refractivity contribution in [2.75, 3.05) is 23.9 Å². The van der Waals surface area contributed by atoms with E-state index in [1.165, 1.54) is 0 Å². The number of carbonyl (C=O) groups is 2. The molecule has 184 valence electrons. The van der Waals surface area contributed by atoms with E-state index in [1.807, 2.05) is 71.6 Å². The number of hydrogen-bond acceptors (Lipinski definition) is 6. The number of carbonyl (C=O) groups excluding carboxylic acids is 2. The number of para-hydroxylation sites is 4. The van der Waals surface area contributed by atoms with Crippen LogP contribution in [0.5, 0.6) is 11.5 Å². The zero-order valence-electron chi connectivity index (χ0n) is 20.8. The van der Waals surface area contributed by atoms with Gasteiger partial charge in [-0.15, -0.1) is 0 Å². The summed E-state index contributed by atoms with van der Waals surface area (Å²) in [7, 11) is 1.62. The van der Waals surface area contributed by atoms with Gasteiger partial charge in [-0.3, -0.25) is 4.79 Å². The minimum atomic E-state index is -0.528. The molecule has 0 radical (unpaired) electrons. The van der Waals surface area contributed by atoms with E-state index in [0.717, 1.165) is 29.1 Å². The fourth-order valence-corrected chi connectivity index (χ4v) is 5.23. The Morgan fingerprint density at radius 1 is 0.972 bits per heavy atom. The van der Waals surface area contributed by atoms with Crippen LogP contribution >= 0.6 is 0 Å². The number of ether oxygens (including phenoxy) is 2.